The molecule has 0 N–H and O–H groups in total. The van der Waals surface area contributed by atoms with Crippen LogP contribution in [0.2, 0.25) is 0 Å². The van der Waals surface area contributed by atoms with Crippen LogP contribution in [0.25, 0.3) is 0 Å². The van der Waals surface area contributed by atoms with Gasteiger partial charge in [-0.25, -0.2) is 14.4 Å². The van der Waals surface area contributed by atoms with Gasteiger partial charge < -0.3 is 9.47 Å². The smallest absolute Gasteiger partial charge is 0.253 e. The SMILES string of the molecule is O=C(c1cccc(F)c1)N1CCCC(c2nccn2Cc2cscn2)C1. The zero-order valence-corrected chi connectivity index (χ0v) is 15.0. The van der Waals surface area contributed by atoms with Crippen LogP contribution in [0.5, 0.6) is 0 Å². The van der Waals surface area contributed by atoms with Crippen LogP contribution in [0, 0.1) is 5.82 Å². The number of thiazole rings is 1. The van der Waals surface area contributed by atoms with Crippen LogP contribution in [0.3, 0.4) is 0 Å². The van der Waals surface area contributed by atoms with Gasteiger partial charge in [-0.3, -0.25) is 4.79 Å². The molecule has 5 nitrogen and oxygen atoms in total. The van der Waals surface area contributed by atoms with Crippen LogP contribution in [0.4, 0.5) is 4.39 Å². The second-order valence-corrected chi connectivity index (χ2v) is 7.21. The first-order valence-corrected chi connectivity index (χ1v) is 9.58. The lowest BCUT2D eigenvalue weighted by Gasteiger charge is -2.32. The van der Waals surface area contributed by atoms with Crippen molar-refractivity contribution in [2.75, 3.05) is 13.1 Å². The van der Waals surface area contributed by atoms with Gasteiger partial charge in [0.1, 0.15) is 11.6 Å². The summed E-state index contributed by atoms with van der Waals surface area (Å²) in [5.74, 6) is 0.652. The molecule has 2 aromatic heterocycles. The lowest BCUT2D eigenvalue weighted by atomic mass is 9.96. The first-order chi connectivity index (χ1) is 12.7. The molecular formula is C19H19FN4OS. The maximum atomic E-state index is 13.4. The summed E-state index contributed by atoms with van der Waals surface area (Å²) in [5, 5.41) is 2.03. The summed E-state index contributed by atoms with van der Waals surface area (Å²) in [6.07, 6.45) is 5.66. The Bertz CT molecular complexity index is 893. The highest BCUT2D eigenvalue weighted by Crippen LogP contribution is 2.27. The van der Waals surface area contributed by atoms with Crippen molar-refractivity contribution < 1.29 is 9.18 Å². The summed E-state index contributed by atoms with van der Waals surface area (Å²) in [4.78, 5) is 23.4. The van der Waals surface area contributed by atoms with Crippen LogP contribution in [0.15, 0.2) is 47.5 Å². The fourth-order valence-electron chi connectivity index (χ4n) is 3.48. The zero-order chi connectivity index (χ0) is 17.9. The van der Waals surface area contributed by atoms with Gasteiger partial charge in [0, 0.05) is 42.3 Å². The predicted molar refractivity (Wildman–Crippen MR) is 97.7 cm³/mol. The molecule has 0 saturated carbocycles. The topological polar surface area (TPSA) is 51.0 Å². The van der Waals surface area contributed by atoms with Gasteiger partial charge in [0.15, 0.2) is 0 Å². The summed E-state index contributed by atoms with van der Waals surface area (Å²) in [7, 11) is 0. The third-order valence-electron chi connectivity index (χ3n) is 4.71. The molecule has 134 valence electrons. The molecule has 1 saturated heterocycles. The lowest BCUT2D eigenvalue weighted by Crippen LogP contribution is -2.39. The molecular weight excluding hydrogens is 351 g/mol. The van der Waals surface area contributed by atoms with E-state index in [0.717, 1.165) is 24.4 Å². The normalized spacial score (nSPS) is 17.4. The van der Waals surface area contributed by atoms with E-state index in [2.05, 4.69) is 14.5 Å². The molecule has 0 bridgehead atoms. The Morgan fingerprint density at radius 2 is 2.27 bits per heavy atom. The van der Waals surface area contributed by atoms with Gasteiger partial charge in [-0.15, -0.1) is 11.3 Å². The van der Waals surface area contributed by atoms with E-state index in [1.807, 2.05) is 22.0 Å². The highest BCUT2D eigenvalue weighted by Gasteiger charge is 2.28. The molecule has 0 aliphatic carbocycles. The van der Waals surface area contributed by atoms with Crippen molar-refractivity contribution in [2.24, 2.45) is 0 Å². The van der Waals surface area contributed by atoms with Crippen molar-refractivity contribution in [1.82, 2.24) is 19.4 Å². The van der Waals surface area contributed by atoms with Gasteiger partial charge in [-0.05, 0) is 31.0 Å². The summed E-state index contributed by atoms with van der Waals surface area (Å²) in [6.45, 7) is 1.98. The van der Waals surface area contributed by atoms with Crippen molar-refractivity contribution in [3.8, 4) is 0 Å². The Kier molecular flexibility index (Phi) is 4.79. The molecule has 1 aromatic carbocycles. The number of rotatable bonds is 4. The molecule has 4 rings (SSSR count). The molecule has 1 aliphatic heterocycles. The summed E-state index contributed by atoms with van der Waals surface area (Å²) >= 11 is 1.58. The Morgan fingerprint density at radius 1 is 1.35 bits per heavy atom. The highest BCUT2D eigenvalue weighted by molar-refractivity contribution is 7.07. The number of likely N-dealkylation sites (tertiary alicyclic amines) is 1. The first-order valence-electron chi connectivity index (χ1n) is 8.63. The number of imidazole rings is 1. The Balaban J connectivity index is 1.51. The Labute approximate surface area is 155 Å². The number of piperidine rings is 1. The molecule has 0 radical (unpaired) electrons. The number of carbonyl (C=O) groups is 1. The Hall–Kier alpha value is -2.54. The van der Waals surface area contributed by atoms with E-state index in [1.54, 1.807) is 29.7 Å². The number of nitrogens with zero attached hydrogens (tertiary/aromatic N) is 4. The van der Waals surface area contributed by atoms with E-state index in [-0.39, 0.29) is 17.6 Å². The van der Waals surface area contributed by atoms with Crippen molar-refractivity contribution in [1.29, 1.82) is 0 Å². The number of aromatic nitrogens is 3. The third kappa shape index (κ3) is 3.53. The summed E-state index contributed by atoms with van der Waals surface area (Å²) < 4.78 is 15.5. The monoisotopic (exact) mass is 370 g/mol. The second-order valence-electron chi connectivity index (χ2n) is 6.49. The van der Waals surface area contributed by atoms with E-state index in [0.29, 0.717) is 25.2 Å². The molecule has 3 aromatic rings. The molecule has 1 aliphatic rings. The number of amides is 1. The fourth-order valence-corrected chi connectivity index (χ4v) is 4.03. The minimum absolute atomic E-state index is 0.119. The number of hydrogen-bond donors (Lipinski definition) is 0. The van der Waals surface area contributed by atoms with E-state index < -0.39 is 0 Å². The maximum absolute atomic E-state index is 13.4. The molecule has 1 amide bonds. The van der Waals surface area contributed by atoms with E-state index in [4.69, 9.17) is 0 Å². The van der Waals surface area contributed by atoms with E-state index in [1.165, 1.54) is 12.1 Å². The fraction of sp³-hybridized carbons (Fsp3) is 0.316. The second kappa shape index (κ2) is 7.37. The standard InChI is InChI=1S/C19H19FN4OS/c20-16-5-1-3-14(9-16)19(25)24-7-2-4-15(10-24)18-21-6-8-23(18)11-17-12-26-13-22-17/h1,3,5-6,8-9,12-13,15H,2,4,7,10-11H2. The maximum Gasteiger partial charge on any atom is 0.253 e. The number of halogens is 1. The van der Waals surface area contributed by atoms with Crippen LogP contribution in [-0.4, -0.2) is 38.4 Å². The van der Waals surface area contributed by atoms with Crippen LogP contribution >= 0.6 is 11.3 Å². The summed E-state index contributed by atoms with van der Waals surface area (Å²) in [5.41, 5.74) is 3.24. The largest absolute Gasteiger partial charge is 0.338 e. The van der Waals surface area contributed by atoms with Crippen molar-refractivity contribution in [2.45, 2.75) is 25.3 Å². The molecule has 1 atom stereocenters. The van der Waals surface area contributed by atoms with E-state index in [9.17, 15) is 9.18 Å². The van der Waals surface area contributed by atoms with Crippen LogP contribution in [0.1, 0.15) is 40.6 Å². The van der Waals surface area contributed by atoms with Crippen molar-refractivity contribution in [3.63, 3.8) is 0 Å². The average Bonchev–Trinajstić information content (AvgIpc) is 3.34. The number of benzene rings is 1. The molecule has 1 fully saturated rings. The van der Waals surface area contributed by atoms with Crippen LogP contribution < -0.4 is 0 Å². The number of hydrogen-bond acceptors (Lipinski definition) is 4. The van der Waals surface area contributed by atoms with Crippen molar-refractivity contribution >= 4 is 17.2 Å². The van der Waals surface area contributed by atoms with Crippen LogP contribution in [-0.2, 0) is 6.54 Å². The lowest BCUT2D eigenvalue weighted by molar-refractivity contribution is 0.0703. The average molecular weight is 370 g/mol. The molecule has 0 spiro atoms. The first kappa shape index (κ1) is 16.9. The van der Waals surface area contributed by atoms with Gasteiger partial charge in [-0.2, -0.15) is 0 Å². The highest BCUT2D eigenvalue weighted by atomic mass is 32.1. The summed E-state index contributed by atoms with van der Waals surface area (Å²) in [6, 6.07) is 5.89. The van der Waals surface area contributed by atoms with E-state index >= 15 is 0 Å². The predicted octanol–water partition coefficient (Wildman–Crippen LogP) is 3.55. The van der Waals surface area contributed by atoms with Crippen molar-refractivity contribution in [3.05, 3.63) is 70.4 Å². The van der Waals surface area contributed by atoms with Gasteiger partial charge in [0.2, 0.25) is 0 Å². The van der Waals surface area contributed by atoms with Gasteiger partial charge in [0.25, 0.3) is 5.91 Å². The molecule has 1 unspecified atom stereocenters. The number of carbonyl (C=O) groups excluding carboxylic acids is 1. The minimum atomic E-state index is -0.386. The quantitative estimate of drug-likeness (QED) is 0.706. The molecule has 26 heavy (non-hydrogen) atoms. The third-order valence-corrected chi connectivity index (χ3v) is 5.34. The zero-order valence-electron chi connectivity index (χ0n) is 14.2. The molecule has 3 heterocycles. The van der Waals surface area contributed by atoms with Gasteiger partial charge in [0.05, 0.1) is 17.7 Å². The minimum Gasteiger partial charge on any atom is -0.338 e. The Morgan fingerprint density at radius 3 is 3.08 bits per heavy atom. The van der Waals surface area contributed by atoms with Gasteiger partial charge >= 0.3 is 0 Å². The molecule has 7 heteroatoms. The van der Waals surface area contributed by atoms with Gasteiger partial charge in [-0.1, -0.05) is 6.07 Å².